The maximum absolute atomic E-state index is 13.7. The molecule has 1 N–H and O–H groups in total. The van der Waals surface area contributed by atoms with Crippen LogP contribution in [0.5, 0.6) is 0 Å². The van der Waals surface area contributed by atoms with Crippen molar-refractivity contribution in [3.8, 4) is 0 Å². The molecule has 1 aromatic carbocycles. The summed E-state index contributed by atoms with van der Waals surface area (Å²) in [5, 5.41) is 0.119. The van der Waals surface area contributed by atoms with Gasteiger partial charge in [-0.05, 0) is 38.2 Å². The Labute approximate surface area is 133 Å². The molecule has 1 heterocycles. The van der Waals surface area contributed by atoms with Crippen LogP contribution in [0.15, 0.2) is 12.1 Å². The van der Waals surface area contributed by atoms with Crippen molar-refractivity contribution >= 4 is 34.9 Å². The van der Waals surface area contributed by atoms with Crippen LogP contribution in [0.3, 0.4) is 0 Å². The van der Waals surface area contributed by atoms with Gasteiger partial charge in [0.05, 0.1) is 16.1 Å². The molecule has 0 aliphatic heterocycles. The van der Waals surface area contributed by atoms with Gasteiger partial charge in [0, 0.05) is 25.2 Å². The van der Waals surface area contributed by atoms with Crippen LogP contribution in [-0.4, -0.2) is 34.1 Å². The van der Waals surface area contributed by atoms with Crippen LogP contribution in [0, 0.1) is 10.6 Å². The fraction of sp³-hybridized carbons (Fsp3) is 0.533. The van der Waals surface area contributed by atoms with Crippen LogP contribution in [0.2, 0.25) is 5.02 Å². The fourth-order valence-corrected chi connectivity index (χ4v) is 3.62. The Hall–Kier alpha value is -0.910. The fourth-order valence-electron chi connectivity index (χ4n) is 3.16. The molecule has 3 rings (SSSR count). The summed E-state index contributed by atoms with van der Waals surface area (Å²) in [5.41, 5.74) is 1.57. The van der Waals surface area contributed by atoms with E-state index in [0.29, 0.717) is 10.8 Å². The van der Waals surface area contributed by atoms with E-state index >= 15 is 0 Å². The van der Waals surface area contributed by atoms with Gasteiger partial charge in [0.2, 0.25) is 0 Å². The zero-order valence-corrected chi connectivity index (χ0v) is 13.6. The number of likely N-dealkylation sites (N-methyl/N-ethyl adjacent to an activating group) is 1. The Morgan fingerprint density at radius 3 is 2.86 bits per heavy atom. The average Bonchev–Trinajstić information content (AvgIpc) is 3.06. The number of hydrogen-bond acceptors (Lipinski definition) is 2. The van der Waals surface area contributed by atoms with Gasteiger partial charge in [-0.15, -0.1) is 0 Å². The number of aromatic amines is 1. The van der Waals surface area contributed by atoms with E-state index in [-0.39, 0.29) is 5.02 Å². The molecular weight excluding hydrogens is 309 g/mol. The second-order valence-corrected chi connectivity index (χ2v) is 6.58. The second kappa shape index (κ2) is 6.07. The highest BCUT2D eigenvalue weighted by atomic mass is 35.5. The van der Waals surface area contributed by atoms with E-state index in [9.17, 15) is 4.39 Å². The number of benzene rings is 1. The van der Waals surface area contributed by atoms with E-state index in [1.165, 1.54) is 31.7 Å². The number of imidazole rings is 1. The van der Waals surface area contributed by atoms with Gasteiger partial charge in [0.1, 0.15) is 5.82 Å². The third kappa shape index (κ3) is 3.00. The molecule has 0 bridgehead atoms. The largest absolute Gasteiger partial charge is 0.331 e. The Kier molecular flexibility index (Phi) is 4.33. The van der Waals surface area contributed by atoms with Crippen LogP contribution in [0.4, 0.5) is 4.39 Å². The van der Waals surface area contributed by atoms with Gasteiger partial charge in [-0.2, -0.15) is 0 Å². The summed E-state index contributed by atoms with van der Waals surface area (Å²) in [7, 11) is 2.16. The highest BCUT2D eigenvalue weighted by Gasteiger charge is 2.19. The van der Waals surface area contributed by atoms with Crippen LogP contribution < -0.4 is 0 Å². The zero-order chi connectivity index (χ0) is 15.0. The van der Waals surface area contributed by atoms with Crippen molar-refractivity contribution in [2.24, 2.45) is 0 Å². The quantitative estimate of drug-likeness (QED) is 0.843. The first kappa shape index (κ1) is 15.0. The molecule has 21 heavy (non-hydrogen) atoms. The highest BCUT2D eigenvalue weighted by molar-refractivity contribution is 7.71. The molecule has 1 aromatic heterocycles. The number of fused-ring (bicyclic) bond motifs is 1. The molecule has 6 heteroatoms. The first-order valence-corrected chi connectivity index (χ1v) is 8.12. The van der Waals surface area contributed by atoms with Crippen molar-refractivity contribution < 1.29 is 4.39 Å². The van der Waals surface area contributed by atoms with Gasteiger partial charge in [0.25, 0.3) is 0 Å². The van der Waals surface area contributed by atoms with Crippen molar-refractivity contribution in [1.82, 2.24) is 14.5 Å². The molecule has 0 spiro atoms. The lowest BCUT2D eigenvalue weighted by molar-refractivity contribution is 0.237. The molecule has 3 nitrogen and oxygen atoms in total. The van der Waals surface area contributed by atoms with Crippen molar-refractivity contribution in [2.75, 3.05) is 13.6 Å². The SMILES string of the molecule is CN(CCn1c(=S)[nH]c2cc(Cl)c(F)cc21)C1CCCC1. The number of rotatable bonds is 4. The van der Waals surface area contributed by atoms with E-state index in [2.05, 4.69) is 16.9 Å². The Morgan fingerprint density at radius 2 is 2.14 bits per heavy atom. The average molecular weight is 328 g/mol. The molecule has 1 aliphatic carbocycles. The summed E-state index contributed by atoms with van der Waals surface area (Å²) in [6.07, 6.45) is 5.20. The first-order valence-electron chi connectivity index (χ1n) is 7.34. The number of halogens is 2. The predicted octanol–water partition coefficient (Wildman–Crippen LogP) is 4.37. The minimum absolute atomic E-state index is 0.119. The molecule has 0 saturated heterocycles. The monoisotopic (exact) mass is 327 g/mol. The molecule has 1 aliphatic rings. The number of H-pyrrole nitrogens is 1. The lowest BCUT2D eigenvalue weighted by Crippen LogP contribution is -2.32. The van der Waals surface area contributed by atoms with E-state index < -0.39 is 5.82 Å². The van der Waals surface area contributed by atoms with E-state index in [4.69, 9.17) is 23.8 Å². The normalized spacial score (nSPS) is 16.4. The highest BCUT2D eigenvalue weighted by Crippen LogP contribution is 2.24. The molecule has 1 saturated carbocycles. The van der Waals surface area contributed by atoms with Crippen LogP contribution >= 0.6 is 23.8 Å². The van der Waals surface area contributed by atoms with Gasteiger partial charge in [-0.1, -0.05) is 24.4 Å². The van der Waals surface area contributed by atoms with E-state index in [0.717, 1.165) is 24.1 Å². The zero-order valence-electron chi connectivity index (χ0n) is 12.0. The summed E-state index contributed by atoms with van der Waals surface area (Å²) in [6.45, 7) is 1.67. The molecule has 0 unspecified atom stereocenters. The van der Waals surface area contributed by atoms with Gasteiger partial charge < -0.3 is 14.5 Å². The summed E-state index contributed by atoms with van der Waals surface area (Å²) in [5.74, 6) is -0.406. The molecule has 0 radical (unpaired) electrons. The van der Waals surface area contributed by atoms with E-state index in [1.54, 1.807) is 6.07 Å². The summed E-state index contributed by atoms with van der Waals surface area (Å²) < 4.78 is 16.2. The smallest absolute Gasteiger partial charge is 0.178 e. The van der Waals surface area contributed by atoms with Crippen molar-refractivity contribution in [3.63, 3.8) is 0 Å². The Balaban J connectivity index is 1.81. The maximum atomic E-state index is 13.7. The molecule has 2 aromatic rings. The molecule has 0 atom stereocenters. The van der Waals surface area contributed by atoms with Crippen LogP contribution in [0.1, 0.15) is 25.7 Å². The standard InChI is InChI=1S/C15H19ClFN3S/c1-19(10-4-2-3-5-10)6-7-20-14-9-12(17)11(16)8-13(14)18-15(20)21/h8-10H,2-7H2,1H3,(H,18,21). The first-order chi connectivity index (χ1) is 10.1. The molecular formula is C15H19ClFN3S. The van der Waals surface area contributed by atoms with Gasteiger partial charge in [-0.25, -0.2) is 4.39 Å². The molecule has 114 valence electrons. The molecule has 1 fully saturated rings. The lowest BCUT2D eigenvalue weighted by atomic mass is 10.2. The number of nitrogens with zero attached hydrogens (tertiary/aromatic N) is 2. The minimum atomic E-state index is -0.406. The number of aromatic nitrogens is 2. The molecule has 0 amide bonds. The van der Waals surface area contributed by atoms with Crippen molar-refractivity contribution in [1.29, 1.82) is 0 Å². The van der Waals surface area contributed by atoms with Crippen LogP contribution in [-0.2, 0) is 6.54 Å². The van der Waals surface area contributed by atoms with Crippen molar-refractivity contribution in [3.05, 3.63) is 27.7 Å². The van der Waals surface area contributed by atoms with Crippen molar-refractivity contribution in [2.45, 2.75) is 38.3 Å². The van der Waals surface area contributed by atoms with E-state index in [1.807, 2.05) is 4.57 Å². The van der Waals surface area contributed by atoms with Gasteiger partial charge in [-0.3, -0.25) is 0 Å². The third-order valence-corrected chi connectivity index (χ3v) is 5.05. The lowest BCUT2D eigenvalue weighted by Gasteiger charge is -2.24. The summed E-state index contributed by atoms with van der Waals surface area (Å²) in [4.78, 5) is 5.49. The summed E-state index contributed by atoms with van der Waals surface area (Å²) >= 11 is 11.2. The van der Waals surface area contributed by atoms with Crippen LogP contribution in [0.25, 0.3) is 11.0 Å². The number of hydrogen-bond donors (Lipinski definition) is 1. The Morgan fingerprint density at radius 1 is 1.43 bits per heavy atom. The number of nitrogens with one attached hydrogen (secondary N) is 1. The maximum Gasteiger partial charge on any atom is 0.178 e. The van der Waals surface area contributed by atoms with Gasteiger partial charge in [0.15, 0.2) is 4.77 Å². The summed E-state index contributed by atoms with van der Waals surface area (Å²) in [6, 6.07) is 3.73. The Bertz CT molecular complexity index is 703. The predicted molar refractivity (Wildman–Crippen MR) is 87.0 cm³/mol. The third-order valence-electron chi connectivity index (χ3n) is 4.44. The topological polar surface area (TPSA) is 24.0 Å². The van der Waals surface area contributed by atoms with Gasteiger partial charge >= 0.3 is 0 Å². The minimum Gasteiger partial charge on any atom is -0.331 e. The second-order valence-electron chi connectivity index (χ2n) is 5.78.